The molecule has 1 aliphatic heterocycles. The maximum Gasteiger partial charge on any atom is 0.00645 e. The molecule has 11 heavy (non-hydrogen) atoms. The SMILES string of the molecule is CC(C)C1CN[C@@H](C)C(C)C1. The zero-order valence-corrected chi connectivity index (χ0v) is 8.22. The lowest BCUT2D eigenvalue weighted by molar-refractivity contribution is 0.202. The van der Waals surface area contributed by atoms with Crippen molar-refractivity contribution in [3.05, 3.63) is 0 Å². The molecule has 0 bridgehead atoms. The van der Waals surface area contributed by atoms with Crippen LogP contribution in [0.15, 0.2) is 0 Å². The third kappa shape index (κ3) is 2.19. The molecule has 1 heterocycles. The molecule has 1 N–H and O–H groups in total. The van der Waals surface area contributed by atoms with Crippen LogP contribution in [0, 0.1) is 17.8 Å². The summed E-state index contributed by atoms with van der Waals surface area (Å²) >= 11 is 0. The first-order chi connectivity index (χ1) is 5.11. The smallest absolute Gasteiger partial charge is 0.00645 e. The van der Waals surface area contributed by atoms with E-state index < -0.39 is 0 Å². The van der Waals surface area contributed by atoms with Gasteiger partial charge in [0.1, 0.15) is 0 Å². The molecule has 1 saturated heterocycles. The molecule has 1 heteroatoms. The van der Waals surface area contributed by atoms with Gasteiger partial charge < -0.3 is 5.32 Å². The topological polar surface area (TPSA) is 12.0 Å². The van der Waals surface area contributed by atoms with E-state index in [0.717, 1.165) is 23.8 Å². The summed E-state index contributed by atoms with van der Waals surface area (Å²) in [6, 6.07) is 0.727. The van der Waals surface area contributed by atoms with Crippen LogP contribution in [0.5, 0.6) is 0 Å². The Morgan fingerprint density at radius 2 is 1.91 bits per heavy atom. The van der Waals surface area contributed by atoms with Crippen molar-refractivity contribution in [1.82, 2.24) is 5.32 Å². The average Bonchev–Trinajstić information content (AvgIpc) is 1.94. The Morgan fingerprint density at radius 1 is 1.27 bits per heavy atom. The third-order valence-corrected chi connectivity index (χ3v) is 3.17. The van der Waals surface area contributed by atoms with Gasteiger partial charge in [-0.25, -0.2) is 0 Å². The van der Waals surface area contributed by atoms with E-state index in [1.807, 2.05) is 0 Å². The van der Waals surface area contributed by atoms with Gasteiger partial charge in [-0.15, -0.1) is 0 Å². The van der Waals surface area contributed by atoms with E-state index in [4.69, 9.17) is 0 Å². The molecule has 0 aromatic carbocycles. The highest BCUT2D eigenvalue weighted by Gasteiger charge is 2.25. The number of hydrogen-bond acceptors (Lipinski definition) is 1. The van der Waals surface area contributed by atoms with E-state index >= 15 is 0 Å². The first kappa shape index (κ1) is 9.05. The Labute approximate surface area is 70.6 Å². The van der Waals surface area contributed by atoms with E-state index in [2.05, 4.69) is 33.0 Å². The molecule has 2 unspecified atom stereocenters. The summed E-state index contributed by atoms with van der Waals surface area (Å²) in [5.41, 5.74) is 0. The molecule has 0 aliphatic carbocycles. The second-order valence-electron chi connectivity index (χ2n) is 4.41. The monoisotopic (exact) mass is 155 g/mol. The Balaban J connectivity index is 2.40. The predicted molar refractivity (Wildman–Crippen MR) is 49.6 cm³/mol. The molecule has 0 amide bonds. The first-order valence-electron chi connectivity index (χ1n) is 4.84. The van der Waals surface area contributed by atoms with Gasteiger partial charge in [0.15, 0.2) is 0 Å². The molecule has 3 atom stereocenters. The van der Waals surface area contributed by atoms with Gasteiger partial charge in [-0.05, 0) is 37.6 Å². The Bertz CT molecular complexity index is 120. The van der Waals surface area contributed by atoms with Crippen LogP contribution in [0.4, 0.5) is 0 Å². The van der Waals surface area contributed by atoms with Crippen molar-refractivity contribution in [2.45, 2.75) is 40.2 Å². The lowest BCUT2D eigenvalue weighted by atomic mass is 9.81. The molecule has 1 fully saturated rings. The van der Waals surface area contributed by atoms with Crippen LogP contribution in [0.1, 0.15) is 34.1 Å². The van der Waals surface area contributed by atoms with Gasteiger partial charge in [0.2, 0.25) is 0 Å². The molecule has 1 nitrogen and oxygen atoms in total. The van der Waals surface area contributed by atoms with Gasteiger partial charge in [0.25, 0.3) is 0 Å². The molecule has 1 aliphatic rings. The summed E-state index contributed by atoms with van der Waals surface area (Å²) < 4.78 is 0. The summed E-state index contributed by atoms with van der Waals surface area (Å²) in [6.45, 7) is 10.5. The van der Waals surface area contributed by atoms with Crippen molar-refractivity contribution in [2.24, 2.45) is 17.8 Å². The number of hydrogen-bond donors (Lipinski definition) is 1. The lowest BCUT2D eigenvalue weighted by Gasteiger charge is -2.35. The number of nitrogens with one attached hydrogen (secondary N) is 1. The fraction of sp³-hybridized carbons (Fsp3) is 1.00. The van der Waals surface area contributed by atoms with Crippen LogP contribution in [-0.2, 0) is 0 Å². The predicted octanol–water partition coefficient (Wildman–Crippen LogP) is 2.28. The highest BCUT2D eigenvalue weighted by atomic mass is 14.9. The van der Waals surface area contributed by atoms with Crippen molar-refractivity contribution in [2.75, 3.05) is 6.54 Å². The summed E-state index contributed by atoms with van der Waals surface area (Å²) in [7, 11) is 0. The van der Waals surface area contributed by atoms with Crippen LogP contribution in [0.2, 0.25) is 0 Å². The molecule has 66 valence electrons. The standard InChI is InChI=1S/C10H21N/c1-7(2)10-5-8(3)9(4)11-6-10/h7-11H,5-6H2,1-4H3/t8?,9-,10?/m0/s1. The lowest BCUT2D eigenvalue weighted by Crippen LogP contribution is -2.43. The highest BCUT2D eigenvalue weighted by Crippen LogP contribution is 2.25. The van der Waals surface area contributed by atoms with Crippen LogP contribution < -0.4 is 5.32 Å². The van der Waals surface area contributed by atoms with Crippen molar-refractivity contribution in [1.29, 1.82) is 0 Å². The van der Waals surface area contributed by atoms with Crippen LogP contribution in [0.3, 0.4) is 0 Å². The van der Waals surface area contributed by atoms with Crippen molar-refractivity contribution in [3.8, 4) is 0 Å². The highest BCUT2D eigenvalue weighted by molar-refractivity contribution is 4.81. The summed E-state index contributed by atoms with van der Waals surface area (Å²) in [6.07, 6.45) is 1.41. The maximum atomic E-state index is 3.56. The molecule has 0 saturated carbocycles. The average molecular weight is 155 g/mol. The normalized spacial score (nSPS) is 39.5. The van der Waals surface area contributed by atoms with Gasteiger partial charge in [-0.3, -0.25) is 0 Å². The third-order valence-electron chi connectivity index (χ3n) is 3.17. The van der Waals surface area contributed by atoms with Crippen LogP contribution >= 0.6 is 0 Å². The van der Waals surface area contributed by atoms with Gasteiger partial charge in [0, 0.05) is 6.04 Å². The minimum atomic E-state index is 0.727. The van der Waals surface area contributed by atoms with E-state index in [9.17, 15) is 0 Å². The Hall–Kier alpha value is -0.0400. The molecule has 0 spiro atoms. The maximum absolute atomic E-state index is 3.56. The molecular formula is C10H21N. The quantitative estimate of drug-likeness (QED) is 0.612. The number of piperidine rings is 1. The number of rotatable bonds is 1. The van der Waals surface area contributed by atoms with Crippen molar-refractivity contribution < 1.29 is 0 Å². The van der Waals surface area contributed by atoms with Gasteiger partial charge in [-0.2, -0.15) is 0 Å². The van der Waals surface area contributed by atoms with E-state index in [1.165, 1.54) is 13.0 Å². The van der Waals surface area contributed by atoms with E-state index in [0.29, 0.717) is 0 Å². The molecular weight excluding hydrogens is 134 g/mol. The zero-order valence-electron chi connectivity index (χ0n) is 8.22. The molecule has 0 radical (unpaired) electrons. The largest absolute Gasteiger partial charge is 0.314 e. The van der Waals surface area contributed by atoms with E-state index in [1.54, 1.807) is 0 Å². The minimum Gasteiger partial charge on any atom is -0.314 e. The molecule has 0 aromatic rings. The Morgan fingerprint density at radius 3 is 2.36 bits per heavy atom. The van der Waals surface area contributed by atoms with Crippen LogP contribution in [-0.4, -0.2) is 12.6 Å². The molecule has 1 rings (SSSR count). The fourth-order valence-corrected chi connectivity index (χ4v) is 1.81. The van der Waals surface area contributed by atoms with Crippen LogP contribution in [0.25, 0.3) is 0 Å². The second kappa shape index (κ2) is 3.57. The van der Waals surface area contributed by atoms with Crippen molar-refractivity contribution in [3.63, 3.8) is 0 Å². The minimum absolute atomic E-state index is 0.727. The summed E-state index contributed by atoms with van der Waals surface area (Å²) in [4.78, 5) is 0. The van der Waals surface area contributed by atoms with E-state index in [-0.39, 0.29) is 0 Å². The zero-order chi connectivity index (χ0) is 8.43. The van der Waals surface area contributed by atoms with Gasteiger partial charge >= 0.3 is 0 Å². The molecule has 0 aromatic heterocycles. The second-order valence-corrected chi connectivity index (χ2v) is 4.41. The Kier molecular flexibility index (Phi) is 2.94. The first-order valence-corrected chi connectivity index (χ1v) is 4.84. The fourth-order valence-electron chi connectivity index (χ4n) is 1.81. The van der Waals surface area contributed by atoms with Crippen molar-refractivity contribution >= 4 is 0 Å². The summed E-state index contributed by atoms with van der Waals surface area (Å²) in [5, 5.41) is 3.56. The summed E-state index contributed by atoms with van der Waals surface area (Å²) in [5.74, 6) is 2.61. The van der Waals surface area contributed by atoms with Gasteiger partial charge in [-0.1, -0.05) is 20.8 Å². The van der Waals surface area contributed by atoms with Gasteiger partial charge in [0.05, 0.1) is 0 Å².